The molecule has 0 spiro atoms. The number of aromatic nitrogens is 2. The highest BCUT2D eigenvalue weighted by atomic mass is 32.2. The van der Waals surface area contributed by atoms with Crippen molar-refractivity contribution in [3.05, 3.63) is 11.7 Å². The molecule has 1 aromatic rings. The normalized spacial score (nSPS) is 17.4. The lowest BCUT2D eigenvalue weighted by Crippen LogP contribution is -2.43. The van der Waals surface area contributed by atoms with Crippen molar-refractivity contribution in [3.63, 3.8) is 0 Å². The van der Waals surface area contributed by atoms with Gasteiger partial charge in [0.05, 0.1) is 13.2 Å². The first-order valence-electron chi connectivity index (χ1n) is 6.67. The Bertz CT molecular complexity index is 510. The maximum absolute atomic E-state index is 12.0. The Kier molecular flexibility index (Phi) is 5.46. The third-order valence-corrected chi connectivity index (χ3v) is 4.65. The van der Waals surface area contributed by atoms with Crippen molar-refractivity contribution >= 4 is 10.2 Å². The summed E-state index contributed by atoms with van der Waals surface area (Å²) in [4.78, 5) is 4.09. The molecule has 0 unspecified atom stereocenters. The minimum absolute atomic E-state index is 0.0127. The fraction of sp³-hybridized carbons (Fsp3) is 0.818. The number of rotatable bonds is 7. The number of nitrogens with one attached hydrogen (secondary N) is 1. The van der Waals surface area contributed by atoms with Gasteiger partial charge in [0.25, 0.3) is 10.2 Å². The van der Waals surface area contributed by atoms with Crippen LogP contribution >= 0.6 is 0 Å². The van der Waals surface area contributed by atoms with Crippen LogP contribution in [-0.4, -0.2) is 49.7 Å². The summed E-state index contributed by atoms with van der Waals surface area (Å²) in [5.74, 6) is 0.774. The van der Waals surface area contributed by atoms with Gasteiger partial charge in [0.2, 0.25) is 5.89 Å². The third kappa shape index (κ3) is 4.23. The fourth-order valence-electron chi connectivity index (χ4n) is 2.01. The molecular formula is C11H20N4O4S. The SMILES string of the molecule is COCCc1noc(CNS(=O)(=O)N2CCCCC2)n1. The Hall–Kier alpha value is -1.03. The van der Waals surface area contributed by atoms with E-state index in [1.807, 2.05) is 0 Å². The second-order valence-corrected chi connectivity index (χ2v) is 6.39. The van der Waals surface area contributed by atoms with Gasteiger partial charge >= 0.3 is 0 Å². The Morgan fingerprint density at radius 1 is 1.35 bits per heavy atom. The van der Waals surface area contributed by atoms with Crippen LogP contribution in [0.1, 0.15) is 31.0 Å². The molecule has 8 nitrogen and oxygen atoms in total. The van der Waals surface area contributed by atoms with E-state index in [1.54, 1.807) is 7.11 Å². The van der Waals surface area contributed by atoms with Crippen LogP contribution in [0.5, 0.6) is 0 Å². The van der Waals surface area contributed by atoms with Crippen LogP contribution in [0.3, 0.4) is 0 Å². The predicted molar refractivity (Wildman–Crippen MR) is 71.1 cm³/mol. The van der Waals surface area contributed by atoms with Crippen LogP contribution in [0.2, 0.25) is 0 Å². The van der Waals surface area contributed by atoms with E-state index in [0.29, 0.717) is 31.9 Å². The molecule has 0 bridgehead atoms. The summed E-state index contributed by atoms with van der Waals surface area (Å²) in [5, 5.41) is 3.75. The van der Waals surface area contributed by atoms with Gasteiger partial charge in [0.1, 0.15) is 0 Å². The van der Waals surface area contributed by atoms with Gasteiger partial charge in [-0.3, -0.25) is 0 Å². The molecule has 1 fully saturated rings. The summed E-state index contributed by atoms with van der Waals surface area (Å²) in [5.41, 5.74) is 0. The minimum Gasteiger partial charge on any atom is -0.384 e. The summed E-state index contributed by atoms with van der Waals surface area (Å²) in [6.07, 6.45) is 3.43. The van der Waals surface area contributed by atoms with Crippen molar-refractivity contribution in [1.82, 2.24) is 19.2 Å². The monoisotopic (exact) mass is 304 g/mol. The first-order valence-corrected chi connectivity index (χ1v) is 8.11. The molecule has 2 heterocycles. The number of hydrogen-bond acceptors (Lipinski definition) is 6. The number of piperidine rings is 1. The van der Waals surface area contributed by atoms with Gasteiger partial charge in [-0.05, 0) is 12.8 Å². The smallest absolute Gasteiger partial charge is 0.279 e. The molecule has 1 aromatic heterocycles. The molecular weight excluding hydrogens is 284 g/mol. The predicted octanol–water partition coefficient (Wildman–Crippen LogP) is 0.0788. The lowest BCUT2D eigenvalue weighted by Gasteiger charge is -2.25. The summed E-state index contributed by atoms with van der Waals surface area (Å²) in [7, 11) is -1.87. The Labute approximate surface area is 118 Å². The molecule has 0 amide bonds. The van der Waals surface area contributed by atoms with Gasteiger partial charge in [0.15, 0.2) is 5.82 Å². The molecule has 1 saturated heterocycles. The van der Waals surface area contributed by atoms with Gasteiger partial charge in [-0.25, -0.2) is 0 Å². The second-order valence-electron chi connectivity index (χ2n) is 4.63. The van der Waals surface area contributed by atoms with Crippen molar-refractivity contribution in [2.45, 2.75) is 32.2 Å². The van der Waals surface area contributed by atoms with Crippen LogP contribution in [0, 0.1) is 0 Å². The first kappa shape index (κ1) is 15.4. The Balaban J connectivity index is 1.85. The van der Waals surface area contributed by atoms with E-state index < -0.39 is 10.2 Å². The van der Waals surface area contributed by atoms with E-state index >= 15 is 0 Å². The number of ether oxygens (including phenoxy) is 1. The van der Waals surface area contributed by atoms with Crippen molar-refractivity contribution < 1.29 is 17.7 Å². The van der Waals surface area contributed by atoms with Gasteiger partial charge in [-0.2, -0.15) is 22.4 Å². The Morgan fingerprint density at radius 2 is 2.10 bits per heavy atom. The number of methoxy groups -OCH3 is 1. The zero-order valence-corrected chi connectivity index (χ0v) is 12.4. The van der Waals surface area contributed by atoms with E-state index in [4.69, 9.17) is 9.26 Å². The molecule has 1 aliphatic rings. The maximum atomic E-state index is 12.0. The van der Waals surface area contributed by atoms with Gasteiger partial charge < -0.3 is 9.26 Å². The zero-order valence-electron chi connectivity index (χ0n) is 11.5. The van der Waals surface area contributed by atoms with Crippen LogP contribution in [0.25, 0.3) is 0 Å². The highest BCUT2D eigenvalue weighted by Gasteiger charge is 2.24. The molecule has 0 atom stereocenters. The summed E-state index contributed by atoms with van der Waals surface area (Å²) in [6, 6.07) is 0. The summed E-state index contributed by atoms with van der Waals surface area (Å²) >= 11 is 0. The van der Waals surface area contributed by atoms with Crippen molar-refractivity contribution in [3.8, 4) is 0 Å². The summed E-state index contributed by atoms with van der Waals surface area (Å²) < 4.78 is 37.9. The standard InChI is InChI=1S/C11H20N4O4S/c1-18-8-5-10-13-11(19-14-10)9-12-20(16,17)15-6-3-2-4-7-15/h12H,2-9H2,1H3. The molecule has 2 rings (SSSR count). The third-order valence-electron chi connectivity index (χ3n) is 3.10. The van der Waals surface area contributed by atoms with Crippen LogP contribution in [0.4, 0.5) is 0 Å². The highest BCUT2D eigenvalue weighted by Crippen LogP contribution is 2.12. The van der Waals surface area contributed by atoms with Crippen molar-refractivity contribution in [2.24, 2.45) is 0 Å². The lowest BCUT2D eigenvalue weighted by molar-refractivity contribution is 0.199. The minimum atomic E-state index is -3.46. The molecule has 9 heteroatoms. The quantitative estimate of drug-likeness (QED) is 0.766. The molecule has 0 saturated carbocycles. The fourth-order valence-corrected chi connectivity index (χ4v) is 3.23. The molecule has 1 aliphatic heterocycles. The maximum Gasteiger partial charge on any atom is 0.279 e. The molecule has 20 heavy (non-hydrogen) atoms. The van der Waals surface area contributed by atoms with Crippen molar-refractivity contribution in [2.75, 3.05) is 26.8 Å². The topological polar surface area (TPSA) is 97.6 Å². The van der Waals surface area contributed by atoms with Crippen LogP contribution in [0.15, 0.2) is 4.52 Å². The average Bonchev–Trinajstić information content (AvgIpc) is 2.92. The molecule has 114 valence electrons. The molecule has 1 N–H and O–H groups in total. The highest BCUT2D eigenvalue weighted by molar-refractivity contribution is 7.87. The van der Waals surface area contributed by atoms with Gasteiger partial charge in [-0.1, -0.05) is 11.6 Å². The lowest BCUT2D eigenvalue weighted by atomic mass is 10.2. The largest absolute Gasteiger partial charge is 0.384 e. The Morgan fingerprint density at radius 3 is 2.80 bits per heavy atom. The second kappa shape index (κ2) is 7.11. The summed E-state index contributed by atoms with van der Waals surface area (Å²) in [6.45, 7) is 1.65. The van der Waals surface area contributed by atoms with E-state index in [0.717, 1.165) is 19.3 Å². The first-order chi connectivity index (χ1) is 9.62. The van der Waals surface area contributed by atoms with Crippen LogP contribution < -0.4 is 4.72 Å². The van der Waals surface area contributed by atoms with Crippen LogP contribution in [-0.2, 0) is 27.9 Å². The van der Waals surface area contributed by atoms with E-state index in [2.05, 4.69) is 14.9 Å². The molecule has 0 aromatic carbocycles. The average molecular weight is 304 g/mol. The zero-order chi connectivity index (χ0) is 14.4. The van der Waals surface area contributed by atoms with Gasteiger partial charge in [-0.15, -0.1) is 0 Å². The van der Waals surface area contributed by atoms with Crippen molar-refractivity contribution in [1.29, 1.82) is 0 Å². The number of hydrogen-bond donors (Lipinski definition) is 1. The van der Waals surface area contributed by atoms with E-state index in [-0.39, 0.29) is 12.4 Å². The molecule has 0 radical (unpaired) electrons. The number of nitrogens with zero attached hydrogens (tertiary/aromatic N) is 3. The van der Waals surface area contributed by atoms with Gasteiger partial charge in [0, 0.05) is 26.6 Å². The van der Waals surface area contributed by atoms with E-state index in [1.165, 1.54) is 4.31 Å². The van der Waals surface area contributed by atoms with E-state index in [9.17, 15) is 8.42 Å². The molecule has 0 aliphatic carbocycles.